The molecule has 0 amide bonds. The van der Waals surface area contributed by atoms with Gasteiger partial charge in [-0.25, -0.2) is 13.6 Å². The van der Waals surface area contributed by atoms with E-state index in [1.54, 1.807) is 0 Å². The molecule has 0 spiro atoms. The lowest BCUT2D eigenvalue weighted by molar-refractivity contribution is 0.145. The molecule has 0 radical (unpaired) electrons. The molecule has 0 aromatic rings. The van der Waals surface area contributed by atoms with Crippen LogP contribution in [0.25, 0.3) is 0 Å². The molecule has 17 heavy (non-hydrogen) atoms. The zero-order valence-electron chi connectivity index (χ0n) is 10.1. The molecule has 0 saturated carbocycles. The molecule has 4 N–H and O–H groups in total. The highest BCUT2D eigenvalue weighted by atomic mass is 32.2. The van der Waals surface area contributed by atoms with Crippen molar-refractivity contribution >= 4 is 27.4 Å². The van der Waals surface area contributed by atoms with Crippen molar-refractivity contribution in [2.45, 2.75) is 19.8 Å². The number of hydrogen-bond acceptors (Lipinski definition) is 4. The summed E-state index contributed by atoms with van der Waals surface area (Å²) >= 11 is 5.00. The minimum absolute atomic E-state index is 0.0348. The standard InChI is InChI=1S/C9H21N3O3S2/c1-2-15-7-3-5-11-9(16)12-6-4-8-17(10,13)14/h2-8H2,1H3,(H2,10,13,14)(H2,11,12,16). The van der Waals surface area contributed by atoms with Crippen LogP contribution in [0.15, 0.2) is 0 Å². The third-order valence-corrected chi connectivity index (χ3v) is 2.99. The number of nitrogens with one attached hydrogen (secondary N) is 2. The van der Waals surface area contributed by atoms with Gasteiger partial charge in [0.05, 0.1) is 5.75 Å². The fraction of sp³-hybridized carbons (Fsp3) is 0.889. The molecule has 6 nitrogen and oxygen atoms in total. The van der Waals surface area contributed by atoms with Crippen LogP contribution in [0.3, 0.4) is 0 Å². The first-order chi connectivity index (χ1) is 7.95. The Morgan fingerprint density at radius 1 is 1.29 bits per heavy atom. The van der Waals surface area contributed by atoms with Crippen LogP contribution in [-0.2, 0) is 14.8 Å². The summed E-state index contributed by atoms with van der Waals surface area (Å²) in [6.07, 6.45) is 1.33. The van der Waals surface area contributed by atoms with Crippen LogP contribution in [0, 0.1) is 0 Å². The Hall–Kier alpha value is -0.440. The zero-order chi connectivity index (χ0) is 13.1. The lowest BCUT2D eigenvalue weighted by Crippen LogP contribution is -2.37. The molecule has 0 aliphatic heterocycles. The van der Waals surface area contributed by atoms with Gasteiger partial charge in [0.15, 0.2) is 5.11 Å². The van der Waals surface area contributed by atoms with E-state index < -0.39 is 10.0 Å². The quantitative estimate of drug-likeness (QED) is 0.392. The average molecular weight is 283 g/mol. The van der Waals surface area contributed by atoms with Crippen LogP contribution in [0.5, 0.6) is 0 Å². The maximum Gasteiger partial charge on any atom is 0.209 e. The van der Waals surface area contributed by atoms with Crippen molar-refractivity contribution in [2.24, 2.45) is 5.14 Å². The number of thiocarbonyl (C=S) groups is 1. The summed E-state index contributed by atoms with van der Waals surface area (Å²) in [7, 11) is -3.37. The van der Waals surface area contributed by atoms with Gasteiger partial charge in [0.25, 0.3) is 0 Å². The van der Waals surface area contributed by atoms with E-state index in [2.05, 4.69) is 10.6 Å². The number of hydrogen-bond donors (Lipinski definition) is 3. The fourth-order valence-electron chi connectivity index (χ4n) is 1.06. The summed E-state index contributed by atoms with van der Waals surface area (Å²) in [5.41, 5.74) is 0. The van der Waals surface area contributed by atoms with Crippen LogP contribution >= 0.6 is 12.2 Å². The Balaban J connectivity index is 3.35. The fourth-order valence-corrected chi connectivity index (χ4v) is 1.81. The molecule has 0 aliphatic carbocycles. The molecule has 8 heteroatoms. The molecule has 0 rings (SSSR count). The number of ether oxygens (including phenoxy) is 1. The van der Waals surface area contributed by atoms with E-state index in [9.17, 15) is 8.42 Å². The minimum Gasteiger partial charge on any atom is -0.382 e. The summed E-state index contributed by atoms with van der Waals surface area (Å²) < 4.78 is 26.4. The zero-order valence-corrected chi connectivity index (χ0v) is 11.7. The van der Waals surface area contributed by atoms with E-state index >= 15 is 0 Å². The molecule has 0 aromatic carbocycles. The van der Waals surface area contributed by atoms with E-state index in [4.69, 9.17) is 22.1 Å². The van der Waals surface area contributed by atoms with Gasteiger partial charge in [0.1, 0.15) is 0 Å². The van der Waals surface area contributed by atoms with Crippen molar-refractivity contribution in [1.82, 2.24) is 10.6 Å². The Bertz CT molecular complexity index is 307. The summed E-state index contributed by atoms with van der Waals surface area (Å²) in [4.78, 5) is 0. The van der Waals surface area contributed by atoms with Gasteiger partial charge in [-0.1, -0.05) is 0 Å². The number of sulfonamides is 1. The van der Waals surface area contributed by atoms with E-state index in [-0.39, 0.29) is 5.75 Å². The van der Waals surface area contributed by atoms with Crippen molar-refractivity contribution in [1.29, 1.82) is 0 Å². The van der Waals surface area contributed by atoms with Crippen LogP contribution in [-0.4, -0.2) is 45.6 Å². The maximum atomic E-state index is 10.6. The van der Waals surface area contributed by atoms with Crippen LogP contribution < -0.4 is 15.8 Å². The van der Waals surface area contributed by atoms with Crippen LogP contribution in [0.4, 0.5) is 0 Å². The smallest absolute Gasteiger partial charge is 0.209 e. The normalized spacial score (nSPS) is 11.2. The van der Waals surface area contributed by atoms with Gasteiger partial charge in [-0.05, 0) is 32.0 Å². The van der Waals surface area contributed by atoms with Crippen molar-refractivity contribution in [3.05, 3.63) is 0 Å². The molecular weight excluding hydrogens is 262 g/mol. The van der Waals surface area contributed by atoms with Gasteiger partial charge in [-0.2, -0.15) is 0 Å². The Morgan fingerprint density at radius 2 is 1.88 bits per heavy atom. The number of rotatable bonds is 9. The van der Waals surface area contributed by atoms with Gasteiger partial charge in [0, 0.05) is 26.3 Å². The van der Waals surface area contributed by atoms with Gasteiger partial charge in [-0.3, -0.25) is 0 Å². The molecule has 0 fully saturated rings. The van der Waals surface area contributed by atoms with Crippen LogP contribution in [0.2, 0.25) is 0 Å². The molecular formula is C9H21N3O3S2. The second kappa shape index (κ2) is 9.58. The van der Waals surface area contributed by atoms with E-state index in [0.29, 0.717) is 24.7 Å². The van der Waals surface area contributed by atoms with E-state index in [1.807, 2.05) is 6.92 Å². The third-order valence-electron chi connectivity index (χ3n) is 1.85. The third kappa shape index (κ3) is 13.5. The maximum absolute atomic E-state index is 10.6. The molecule has 0 unspecified atom stereocenters. The molecule has 0 saturated heterocycles. The second-order valence-electron chi connectivity index (χ2n) is 3.45. The Labute approximate surface area is 108 Å². The van der Waals surface area contributed by atoms with Gasteiger partial charge < -0.3 is 15.4 Å². The van der Waals surface area contributed by atoms with Gasteiger partial charge in [-0.15, -0.1) is 0 Å². The largest absolute Gasteiger partial charge is 0.382 e. The summed E-state index contributed by atoms with van der Waals surface area (Å²) in [6, 6.07) is 0. The molecule has 0 heterocycles. The molecule has 0 aromatic heterocycles. The highest BCUT2D eigenvalue weighted by Gasteiger charge is 2.01. The van der Waals surface area contributed by atoms with Gasteiger partial charge in [0.2, 0.25) is 10.0 Å². The highest BCUT2D eigenvalue weighted by Crippen LogP contribution is 1.84. The molecule has 0 aliphatic rings. The monoisotopic (exact) mass is 283 g/mol. The highest BCUT2D eigenvalue weighted by molar-refractivity contribution is 7.89. The summed E-state index contributed by atoms with van der Waals surface area (Å²) in [5.74, 6) is -0.0348. The van der Waals surface area contributed by atoms with Crippen molar-refractivity contribution in [2.75, 3.05) is 32.1 Å². The second-order valence-corrected chi connectivity index (χ2v) is 5.60. The van der Waals surface area contributed by atoms with Crippen molar-refractivity contribution in [3.63, 3.8) is 0 Å². The molecule has 0 bridgehead atoms. The van der Waals surface area contributed by atoms with E-state index in [0.717, 1.165) is 19.6 Å². The summed E-state index contributed by atoms with van der Waals surface area (Å²) in [6.45, 7) is 4.60. The Kier molecular flexibility index (Phi) is 9.33. The first kappa shape index (κ1) is 16.6. The lowest BCUT2D eigenvalue weighted by atomic mass is 10.4. The topological polar surface area (TPSA) is 93.4 Å². The molecule has 102 valence electrons. The minimum atomic E-state index is -3.37. The van der Waals surface area contributed by atoms with Crippen molar-refractivity contribution < 1.29 is 13.2 Å². The first-order valence-corrected chi connectivity index (χ1v) is 7.68. The Morgan fingerprint density at radius 3 is 2.41 bits per heavy atom. The predicted octanol–water partition coefficient (Wildman–Crippen LogP) is -0.444. The predicted molar refractivity (Wildman–Crippen MR) is 72.3 cm³/mol. The summed E-state index contributed by atoms with van der Waals surface area (Å²) in [5, 5.41) is 11.3. The van der Waals surface area contributed by atoms with Crippen molar-refractivity contribution in [3.8, 4) is 0 Å². The van der Waals surface area contributed by atoms with Gasteiger partial charge >= 0.3 is 0 Å². The van der Waals surface area contributed by atoms with Crippen LogP contribution in [0.1, 0.15) is 19.8 Å². The lowest BCUT2D eigenvalue weighted by Gasteiger charge is -2.09. The first-order valence-electron chi connectivity index (χ1n) is 5.55. The number of nitrogens with two attached hydrogens (primary N) is 1. The SMILES string of the molecule is CCOCCCNC(=S)NCCCS(N)(=O)=O. The van der Waals surface area contributed by atoms with E-state index in [1.165, 1.54) is 0 Å². The number of primary sulfonamides is 1. The average Bonchev–Trinajstić information content (AvgIpc) is 2.23. The molecule has 0 atom stereocenters.